The van der Waals surface area contributed by atoms with Gasteiger partial charge >= 0.3 is 0 Å². The summed E-state index contributed by atoms with van der Waals surface area (Å²) in [6.07, 6.45) is 6.44. The van der Waals surface area contributed by atoms with Crippen LogP contribution in [-0.4, -0.2) is 36.1 Å². The van der Waals surface area contributed by atoms with E-state index in [4.69, 9.17) is 0 Å². The number of nitrogens with zero attached hydrogens (tertiary/aromatic N) is 2. The van der Waals surface area contributed by atoms with Gasteiger partial charge in [0, 0.05) is 19.1 Å². The van der Waals surface area contributed by atoms with Gasteiger partial charge in [-0.25, -0.2) is 0 Å². The lowest BCUT2D eigenvalue weighted by Crippen LogP contribution is -2.51. The molecule has 1 N–H and O–H groups in total. The molecule has 17 heavy (non-hydrogen) atoms. The molecule has 0 heterocycles. The monoisotopic (exact) mass is 235 g/mol. The number of nitriles is 1. The number of hydrogen-bond donors (Lipinski definition) is 1. The third kappa shape index (κ3) is 4.29. The zero-order chi connectivity index (χ0) is 12.3. The fourth-order valence-electron chi connectivity index (χ4n) is 2.46. The summed E-state index contributed by atoms with van der Waals surface area (Å²) in [5.74, 6) is 0.908. The van der Waals surface area contributed by atoms with E-state index in [-0.39, 0.29) is 5.54 Å². The van der Waals surface area contributed by atoms with Gasteiger partial charge in [-0.15, -0.1) is 0 Å². The maximum Gasteiger partial charge on any atom is 0.116 e. The molecular weight excluding hydrogens is 210 g/mol. The molecule has 96 valence electrons. The minimum absolute atomic E-state index is 0.356. The van der Waals surface area contributed by atoms with E-state index in [2.05, 4.69) is 30.1 Å². The van der Waals surface area contributed by atoms with Gasteiger partial charge in [-0.2, -0.15) is 5.26 Å². The summed E-state index contributed by atoms with van der Waals surface area (Å²) < 4.78 is 0. The van der Waals surface area contributed by atoms with Gasteiger partial charge in [0.1, 0.15) is 5.54 Å². The lowest BCUT2D eigenvalue weighted by atomic mass is 10.0. The Bertz CT molecular complexity index is 288. The average molecular weight is 235 g/mol. The average Bonchev–Trinajstić information content (AvgIpc) is 3.14. The van der Waals surface area contributed by atoms with Crippen molar-refractivity contribution in [3.63, 3.8) is 0 Å². The molecule has 0 aliphatic heterocycles. The molecule has 0 spiro atoms. The second-order valence-corrected chi connectivity index (χ2v) is 6.04. The Morgan fingerprint density at radius 1 is 1.35 bits per heavy atom. The summed E-state index contributed by atoms with van der Waals surface area (Å²) in [5.41, 5.74) is -0.356. The largest absolute Gasteiger partial charge is 0.300 e. The van der Waals surface area contributed by atoms with Gasteiger partial charge in [0.2, 0.25) is 0 Å². The van der Waals surface area contributed by atoms with Gasteiger partial charge in [0.15, 0.2) is 0 Å². The van der Waals surface area contributed by atoms with Crippen LogP contribution in [0.3, 0.4) is 0 Å². The molecule has 1 atom stereocenters. The SMILES string of the molecule is CCCN(CC1CC1)CC(C)(C#N)NC1CC1. The molecule has 2 saturated carbocycles. The van der Waals surface area contributed by atoms with Gasteiger partial charge < -0.3 is 4.90 Å². The minimum atomic E-state index is -0.356. The predicted octanol–water partition coefficient (Wildman–Crippen LogP) is 2.14. The molecule has 0 aromatic heterocycles. The van der Waals surface area contributed by atoms with Crippen molar-refractivity contribution in [1.29, 1.82) is 5.26 Å². The molecule has 2 rings (SSSR count). The van der Waals surface area contributed by atoms with E-state index in [0.29, 0.717) is 6.04 Å². The smallest absolute Gasteiger partial charge is 0.116 e. The summed E-state index contributed by atoms with van der Waals surface area (Å²) >= 11 is 0. The Morgan fingerprint density at radius 2 is 2.06 bits per heavy atom. The fourth-order valence-corrected chi connectivity index (χ4v) is 2.46. The van der Waals surface area contributed by atoms with Gasteiger partial charge in [0.05, 0.1) is 6.07 Å². The minimum Gasteiger partial charge on any atom is -0.300 e. The first-order valence-electron chi connectivity index (χ1n) is 7.06. The molecule has 3 nitrogen and oxygen atoms in total. The summed E-state index contributed by atoms with van der Waals surface area (Å²) in [6, 6.07) is 3.08. The standard InChI is InChI=1S/C14H25N3/c1-3-8-17(9-12-4-5-12)11-14(2,10-15)16-13-6-7-13/h12-13,16H,3-9,11H2,1-2H3. The van der Waals surface area contributed by atoms with E-state index in [1.54, 1.807) is 0 Å². The maximum atomic E-state index is 9.39. The van der Waals surface area contributed by atoms with Gasteiger partial charge in [-0.1, -0.05) is 6.92 Å². The van der Waals surface area contributed by atoms with Crippen molar-refractivity contribution < 1.29 is 0 Å². The van der Waals surface area contributed by atoms with Crippen molar-refractivity contribution in [2.75, 3.05) is 19.6 Å². The highest BCUT2D eigenvalue weighted by Gasteiger charge is 2.35. The fraction of sp³-hybridized carbons (Fsp3) is 0.929. The van der Waals surface area contributed by atoms with Crippen LogP contribution in [0.25, 0.3) is 0 Å². The van der Waals surface area contributed by atoms with Crippen molar-refractivity contribution >= 4 is 0 Å². The number of rotatable bonds is 8. The topological polar surface area (TPSA) is 39.1 Å². The highest BCUT2D eigenvalue weighted by Crippen LogP contribution is 2.30. The van der Waals surface area contributed by atoms with E-state index >= 15 is 0 Å². The van der Waals surface area contributed by atoms with Crippen LogP contribution in [0.4, 0.5) is 0 Å². The summed E-state index contributed by atoms with van der Waals surface area (Å²) in [4.78, 5) is 2.48. The molecule has 0 saturated heterocycles. The number of nitrogens with one attached hydrogen (secondary N) is 1. The molecule has 2 aliphatic rings. The van der Waals surface area contributed by atoms with Crippen LogP contribution >= 0.6 is 0 Å². The molecule has 0 aromatic carbocycles. The summed E-state index contributed by atoms with van der Waals surface area (Å²) in [7, 11) is 0. The second-order valence-electron chi connectivity index (χ2n) is 6.04. The highest BCUT2D eigenvalue weighted by molar-refractivity contribution is 5.09. The Labute approximate surface area is 105 Å². The zero-order valence-electron chi connectivity index (χ0n) is 11.2. The van der Waals surface area contributed by atoms with Crippen LogP contribution in [0.5, 0.6) is 0 Å². The van der Waals surface area contributed by atoms with Gasteiger partial charge in [0.25, 0.3) is 0 Å². The van der Waals surface area contributed by atoms with Crippen LogP contribution in [-0.2, 0) is 0 Å². The molecule has 0 radical (unpaired) electrons. The third-order valence-corrected chi connectivity index (χ3v) is 3.64. The zero-order valence-corrected chi connectivity index (χ0v) is 11.2. The summed E-state index contributed by atoms with van der Waals surface area (Å²) in [5, 5.41) is 12.9. The maximum absolute atomic E-state index is 9.39. The quantitative estimate of drug-likeness (QED) is 0.700. The second kappa shape index (κ2) is 5.37. The van der Waals surface area contributed by atoms with Crippen molar-refractivity contribution in [2.45, 2.75) is 57.5 Å². The first-order chi connectivity index (χ1) is 8.15. The third-order valence-electron chi connectivity index (χ3n) is 3.64. The molecule has 0 bridgehead atoms. The Hall–Kier alpha value is -0.590. The molecule has 2 aliphatic carbocycles. The van der Waals surface area contributed by atoms with Crippen LogP contribution < -0.4 is 5.32 Å². The molecule has 3 heteroatoms. The lowest BCUT2D eigenvalue weighted by molar-refractivity contribution is 0.211. The molecular formula is C14H25N3. The van der Waals surface area contributed by atoms with E-state index in [1.165, 1.54) is 38.6 Å². The molecule has 2 fully saturated rings. The normalized spacial score (nSPS) is 23.4. The van der Waals surface area contributed by atoms with Crippen molar-refractivity contribution in [1.82, 2.24) is 10.2 Å². The van der Waals surface area contributed by atoms with Crippen molar-refractivity contribution in [3.8, 4) is 6.07 Å². The first-order valence-corrected chi connectivity index (χ1v) is 7.06. The van der Waals surface area contributed by atoms with Crippen molar-refractivity contribution in [3.05, 3.63) is 0 Å². The van der Waals surface area contributed by atoms with Gasteiger partial charge in [-0.3, -0.25) is 5.32 Å². The van der Waals surface area contributed by atoms with Gasteiger partial charge in [-0.05, 0) is 51.5 Å². The molecule has 0 amide bonds. The summed E-state index contributed by atoms with van der Waals surface area (Å²) in [6.45, 7) is 7.47. The van der Waals surface area contributed by atoms with Crippen molar-refractivity contribution in [2.24, 2.45) is 5.92 Å². The first kappa shape index (κ1) is 12.9. The highest BCUT2D eigenvalue weighted by atomic mass is 15.2. The van der Waals surface area contributed by atoms with Crippen LogP contribution in [0.15, 0.2) is 0 Å². The van der Waals surface area contributed by atoms with E-state index in [9.17, 15) is 5.26 Å². The van der Waals surface area contributed by atoms with E-state index in [0.717, 1.165) is 19.0 Å². The molecule has 0 aromatic rings. The number of hydrogen-bond acceptors (Lipinski definition) is 3. The van der Waals surface area contributed by atoms with E-state index in [1.807, 2.05) is 0 Å². The van der Waals surface area contributed by atoms with E-state index < -0.39 is 0 Å². The van der Waals surface area contributed by atoms with Crippen LogP contribution in [0.2, 0.25) is 0 Å². The lowest BCUT2D eigenvalue weighted by Gasteiger charge is -2.31. The molecule has 1 unspecified atom stereocenters. The Kier molecular flexibility index (Phi) is 4.06. The Morgan fingerprint density at radius 3 is 2.53 bits per heavy atom. The predicted molar refractivity (Wildman–Crippen MR) is 69.6 cm³/mol. The van der Waals surface area contributed by atoms with Crippen LogP contribution in [0.1, 0.15) is 46.0 Å². The van der Waals surface area contributed by atoms with Crippen LogP contribution in [0, 0.1) is 17.2 Å². The Balaban J connectivity index is 1.85.